The minimum absolute atomic E-state index is 0.143. The molecule has 21 heavy (non-hydrogen) atoms. The van der Waals surface area contributed by atoms with Crippen molar-refractivity contribution in [2.45, 2.75) is 59.0 Å². The second kappa shape index (κ2) is 13.0. The Morgan fingerprint density at radius 2 is 1.81 bits per heavy atom. The smallest absolute Gasteiger partial charge is 0.323 e. The van der Waals surface area contributed by atoms with E-state index in [2.05, 4.69) is 24.1 Å². The first-order chi connectivity index (χ1) is 10.1. The number of esters is 1. The summed E-state index contributed by atoms with van der Waals surface area (Å²) in [7, 11) is 1.73. The third kappa shape index (κ3) is 8.39. The van der Waals surface area contributed by atoms with Gasteiger partial charge in [0.1, 0.15) is 6.04 Å². The molecule has 126 valence electrons. The Kier molecular flexibility index (Phi) is 12.6. The molecule has 0 aliphatic carbocycles. The van der Waals surface area contributed by atoms with E-state index in [0.29, 0.717) is 12.6 Å². The van der Waals surface area contributed by atoms with Gasteiger partial charge >= 0.3 is 5.97 Å². The van der Waals surface area contributed by atoms with Crippen LogP contribution in [0.5, 0.6) is 0 Å². The Hall–Kier alpha value is -0.650. The summed E-state index contributed by atoms with van der Waals surface area (Å²) < 4.78 is 10.3. The van der Waals surface area contributed by atoms with Crippen LogP contribution in [-0.4, -0.2) is 62.9 Å². The molecule has 0 amide bonds. The molecule has 0 aliphatic heterocycles. The van der Waals surface area contributed by atoms with Crippen molar-refractivity contribution in [1.82, 2.24) is 10.2 Å². The number of rotatable bonds is 13. The highest BCUT2D eigenvalue weighted by Crippen LogP contribution is 2.10. The van der Waals surface area contributed by atoms with Crippen LogP contribution in [0.4, 0.5) is 0 Å². The monoisotopic (exact) mass is 302 g/mol. The van der Waals surface area contributed by atoms with Crippen LogP contribution in [0, 0.1) is 0 Å². The third-order valence-corrected chi connectivity index (χ3v) is 3.77. The van der Waals surface area contributed by atoms with Crippen LogP contribution in [0.1, 0.15) is 47.0 Å². The summed E-state index contributed by atoms with van der Waals surface area (Å²) >= 11 is 0. The average molecular weight is 302 g/mol. The number of methoxy groups -OCH3 is 1. The molecule has 1 N–H and O–H groups in total. The molecule has 0 aliphatic rings. The molecule has 5 heteroatoms. The van der Waals surface area contributed by atoms with Crippen LogP contribution in [-0.2, 0) is 14.3 Å². The Morgan fingerprint density at radius 3 is 2.29 bits per heavy atom. The second-order valence-corrected chi connectivity index (χ2v) is 5.15. The normalized spacial score (nSPS) is 12.9. The molecule has 0 spiro atoms. The maximum absolute atomic E-state index is 11.9. The molecule has 0 saturated carbocycles. The maximum Gasteiger partial charge on any atom is 0.323 e. The van der Waals surface area contributed by atoms with E-state index in [1.807, 2.05) is 13.8 Å². The Bertz CT molecular complexity index is 258. The lowest BCUT2D eigenvalue weighted by molar-refractivity contribution is -0.146. The molecular weight excluding hydrogens is 268 g/mol. The van der Waals surface area contributed by atoms with E-state index in [-0.39, 0.29) is 12.0 Å². The fraction of sp³-hybridized carbons (Fsp3) is 0.938. The van der Waals surface area contributed by atoms with E-state index < -0.39 is 0 Å². The van der Waals surface area contributed by atoms with Gasteiger partial charge in [-0.2, -0.15) is 0 Å². The van der Waals surface area contributed by atoms with Gasteiger partial charge in [0, 0.05) is 26.2 Å². The van der Waals surface area contributed by atoms with Crippen molar-refractivity contribution in [3.05, 3.63) is 0 Å². The maximum atomic E-state index is 11.9. The molecule has 0 aromatic heterocycles. The van der Waals surface area contributed by atoms with Crippen molar-refractivity contribution >= 4 is 5.97 Å². The van der Waals surface area contributed by atoms with E-state index in [4.69, 9.17) is 9.47 Å². The number of hydrogen-bond acceptors (Lipinski definition) is 5. The van der Waals surface area contributed by atoms with Gasteiger partial charge in [-0.1, -0.05) is 20.8 Å². The van der Waals surface area contributed by atoms with Crippen LogP contribution in [0.15, 0.2) is 0 Å². The summed E-state index contributed by atoms with van der Waals surface area (Å²) in [4.78, 5) is 14.4. The largest absolute Gasteiger partial charge is 0.465 e. The Balaban J connectivity index is 4.54. The Morgan fingerprint density at radius 1 is 1.14 bits per heavy atom. The highest BCUT2D eigenvalue weighted by Gasteiger charge is 2.21. The topological polar surface area (TPSA) is 50.8 Å². The quantitative estimate of drug-likeness (QED) is 0.528. The zero-order chi connectivity index (χ0) is 16.1. The first kappa shape index (κ1) is 20.3. The van der Waals surface area contributed by atoms with Crippen LogP contribution in [0.25, 0.3) is 0 Å². The third-order valence-electron chi connectivity index (χ3n) is 3.77. The summed E-state index contributed by atoms with van der Waals surface area (Å²) in [5.41, 5.74) is 0. The molecule has 0 rings (SSSR count). The van der Waals surface area contributed by atoms with Crippen molar-refractivity contribution in [3.63, 3.8) is 0 Å². The lowest BCUT2D eigenvalue weighted by atomic mass is 10.1. The van der Waals surface area contributed by atoms with E-state index in [1.165, 1.54) is 0 Å². The lowest BCUT2D eigenvalue weighted by Gasteiger charge is -2.31. The van der Waals surface area contributed by atoms with Gasteiger partial charge in [-0.15, -0.1) is 0 Å². The minimum Gasteiger partial charge on any atom is -0.465 e. The van der Waals surface area contributed by atoms with Gasteiger partial charge in [-0.05, 0) is 32.7 Å². The lowest BCUT2D eigenvalue weighted by Crippen LogP contribution is -2.44. The molecule has 0 saturated heterocycles. The highest BCUT2D eigenvalue weighted by atomic mass is 16.5. The number of ether oxygens (including phenoxy) is 2. The zero-order valence-electron chi connectivity index (χ0n) is 14.5. The van der Waals surface area contributed by atoms with Gasteiger partial charge in [0.2, 0.25) is 0 Å². The van der Waals surface area contributed by atoms with Gasteiger partial charge in [0.15, 0.2) is 0 Å². The number of nitrogens with one attached hydrogen (secondary N) is 1. The SMILES string of the molecule is CCNC(CCN(CCOC)C(CC)CC)C(=O)OCC. The predicted molar refractivity (Wildman–Crippen MR) is 86.5 cm³/mol. The molecule has 1 unspecified atom stereocenters. The van der Waals surface area contributed by atoms with Crippen molar-refractivity contribution in [3.8, 4) is 0 Å². The standard InChI is InChI=1S/C16H34N2O3/c1-6-14(7-2)18(12-13-20-5)11-10-15(17-8-3)16(19)21-9-4/h14-15,17H,6-13H2,1-5H3. The predicted octanol–water partition coefficient (Wildman–Crippen LogP) is 2.05. The zero-order valence-corrected chi connectivity index (χ0v) is 14.5. The second-order valence-electron chi connectivity index (χ2n) is 5.15. The van der Waals surface area contributed by atoms with Gasteiger partial charge in [0.25, 0.3) is 0 Å². The molecule has 0 aromatic rings. The van der Waals surface area contributed by atoms with Crippen LogP contribution in [0.3, 0.4) is 0 Å². The molecular formula is C16H34N2O3. The summed E-state index contributed by atoms with van der Waals surface area (Å²) in [5.74, 6) is -0.143. The number of carbonyl (C=O) groups excluding carboxylic acids is 1. The number of carbonyl (C=O) groups is 1. The summed E-state index contributed by atoms with van der Waals surface area (Å²) in [6, 6.07) is 0.332. The van der Waals surface area contributed by atoms with Crippen molar-refractivity contribution < 1.29 is 14.3 Å². The number of likely N-dealkylation sites (N-methyl/N-ethyl adjacent to an activating group) is 1. The summed E-state index contributed by atoms with van der Waals surface area (Å²) in [6.07, 6.45) is 3.00. The molecule has 0 heterocycles. The average Bonchev–Trinajstić information content (AvgIpc) is 2.49. The first-order valence-corrected chi connectivity index (χ1v) is 8.27. The first-order valence-electron chi connectivity index (χ1n) is 8.27. The van der Waals surface area contributed by atoms with Crippen LogP contribution in [0.2, 0.25) is 0 Å². The van der Waals surface area contributed by atoms with Gasteiger partial charge < -0.3 is 14.8 Å². The number of nitrogens with zero attached hydrogens (tertiary/aromatic N) is 1. The fourth-order valence-electron chi connectivity index (χ4n) is 2.58. The number of hydrogen-bond donors (Lipinski definition) is 1. The van der Waals surface area contributed by atoms with Gasteiger partial charge in [-0.25, -0.2) is 0 Å². The molecule has 5 nitrogen and oxygen atoms in total. The van der Waals surface area contributed by atoms with Crippen molar-refractivity contribution in [1.29, 1.82) is 0 Å². The highest BCUT2D eigenvalue weighted by molar-refractivity contribution is 5.75. The molecule has 0 bridgehead atoms. The van der Waals surface area contributed by atoms with Crippen LogP contribution < -0.4 is 5.32 Å². The molecule has 0 fully saturated rings. The molecule has 1 atom stereocenters. The van der Waals surface area contributed by atoms with E-state index in [1.54, 1.807) is 7.11 Å². The Labute approximate surface area is 130 Å². The minimum atomic E-state index is -0.214. The molecule has 0 radical (unpaired) electrons. The molecule has 0 aromatic carbocycles. The van der Waals surface area contributed by atoms with E-state index in [0.717, 1.165) is 45.5 Å². The van der Waals surface area contributed by atoms with Gasteiger partial charge in [-0.3, -0.25) is 9.69 Å². The summed E-state index contributed by atoms with van der Waals surface area (Å²) in [6.45, 7) is 12.0. The van der Waals surface area contributed by atoms with E-state index in [9.17, 15) is 4.79 Å². The van der Waals surface area contributed by atoms with E-state index >= 15 is 0 Å². The summed E-state index contributed by atoms with van der Waals surface area (Å²) in [5, 5.41) is 3.22. The van der Waals surface area contributed by atoms with Crippen LogP contribution >= 0.6 is 0 Å². The fourth-order valence-corrected chi connectivity index (χ4v) is 2.58. The van der Waals surface area contributed by atoms with Crippen molar-refractivity contribution in [2.75, 3.05) is 40.0 Å². The van der Waals surface area contributed by atoms with Gasteiger partial charge in [0.05, 0.1) is 13.2 Å². The van der Waals surface area contributed by atoms with Crippen molar-refractivity contribution in [2.24, 2.45) is 0 Å².